The Labute approximate surface area is 186 Å². The van der Waals surface area contributed by atoms with Crippen molar-refractivity contribution in [2.75, 3.05) is 16.5 Å². The number of hydrogen-bond acceptors (Lipinski definition) is 4. The van der Waals surface area contributed by atoms with Gasteiger partial charge in [0.2, 0.25) is 5.56 Å². The maximum absolute atomic E-state index is 14.0. The summed E-state index contributed by atoms with van der Waals surface area (Å²) in [6, 6.07) is 7.54. The highest BCUT2D eigenvalue weighted by Gasteiger charge is 2.38. The molecular formula is C23H20F4N4O2. The van der Waals surface area contributed by atoms with Gasteiger partial charge in [0.05, 0.1) is 23.1 Å². The van der Waals surface area contributed by atoms with Crippen molar-refractivity contribution in [2.24, 2.45) is 0 Å². The number of aromatic nitrogens is 2. The molecule has 1 aliphatic rings. The van der Waals surface area contributed by atoms with Crippen molar-refractivity contribution in [2.45, 2.75) is 32.9 Å². The molecule has 3 aromatic rings. The summed E-state index contributed by atoms with van der Waals surface area (Å²) in [5.41, 5.74) is 0.288. The number of alkyl halides is 3. The molecule has 4 rings (SSSR count). The zero-order valence-electron chi connectivity index (χ0n) is 18.0. The van der Waals surface area contributed by atoms with E-state index in [0.717, 1.165) is 12.3 Å². The molecule has 6 nitrogen and oxygen atoms in total. The maximum atomic E-state index is 14.0. The average molecular weight is 460 g/mol. The topological polar surface area (TPSA) is 69.3 Å². The highest BCUT2D eigenvalue weighted by Crippen LogP contribution is 2.41. The second-order valence-corrected chi connectivity index (χ2v) is 8.08. The molecular weight excluding hydrogens is 440 g/mol. The summed E-state index contributed by atoms with van der Waals surface area (Å²) >= 11 is 0. The molecule has 0 spiro atoms. The number of halogens is 4. The fourth-order valence-corrected chi connectivity index (χ4v) is 3.90. The molecule has 1 N–H and O–H groups in total. The number of H-pyrrole nitrogens is 1. The van der Waals surface area contributed by atoms with Crippen molar-refractivity contribution in [3.05, 3.63) is 81.3 Å². The van der Waals surface area contributed by atoms with Crippen molar-refractivity contribution in [3.8, 4) is 0 Å². The monoisotopic (exact) mass is 460 g/mol. The number of nitrogens with zero attached hydrogens (tertiary/aromatic N) is 3. The van der Waals surface area contributed by atoms with Gasteiger partial charge in [0.1, 0.15) is 18.2 Å². The average Bonchev–Trinajstić information content (AvgIpc) is 2.74. The first kappa shape index (κ1) is 22.5. The molecule has 10 heteroatoms. The smallest absolute Gasteiger partial charge is 0.324 e. The van der Waals surface area contributed by atoms with E-state index in [2.05, 4.69) is 9.97 Å². The summed E-state index contributed by atoms with van der Waals surface area (Å²) in [5, 5.41) is 0. The van der Waals surface area contributed by atoms with Crippen LogP contribution in [0.4, 0.5) is 34.6 Å². The summed E-state index contributed by atoms with van der Waals surface area (Å²) in [6.45, 7) is 5.25. The third-order valence-corrected chi connectivity index (χ3v) is 5.50. The van der Waals surface area contributed by atoms with E-state index in [9.17, 15) is 27.2 Å². The van der Waals surface area contributed by atoms with E-state index < -0.39 is 23.6 Å². The van der Waals surface area contributed by atoms with Crippen molar-refractivity contribution >= 4 is 23.0 Å². The normalized spacial score (nSPS) is 14.1. The number of benzene rings is 1. The van der Waals surface area contributed by atoms with Crippen molar-refractivity contribution in [1.82, 2.24) is 9.97 Å². The molecule has 33 heavy (non-hydrogen) atoms. The molecule has 1 aliphatic heterocycles. The molecule has 0 fully saturated rings. The Kier molecular flexibility index (Phi) is 5.47. The van der Waals surface area contributed by atoms with Gasteiger partial charge in [-0.15, -0.1) is 0 Å². The van der Waals surface area contributed by atoms with Gasteiger partial charge in [0, 0.05) is 17.4 Å². The van der Waals surface area contributed by atoms with Crippen LogP contribution >= 0.6 is 0 Å². The lowest BCUT2D eigenvalue weighted by molar-refractivity contribution is -0.141. The molecule has 0 saturated heterocycles. The number of aryl methyl sites for hydroxylation is 1. The van der Waals surface area contributed by atoms with Crippen LogP contribution in [0.2, 0.25) is 0 Å². The van der Waals surface area contributed by atoms with Crippen molar-refractivity contribution < 1.29 is 22.4 Å². The van der Waals surface area contributed by atoms with Crippen LogP contribution in [0, 0.1) is 12.7 Å². The Morgan fingerprint density at radius 2 is 1.70 bits per heavy atom. The number of anilines is 3. The summed E-state index contributed by atoms with van der Waals surface area (Å²) in [6.07, 6.45) is -3.73. The third kappa shape index (κ3) is 4.08. The number of fused-ring (bicyclic) bond motifs is 1. The number of carbonyl (C=O) groups excluding carboxylic acids is 1. The molecule has 3 heterocycles. The predicted molar refractivity (Wildman–Crippen MR) is 115 cm³/mol. The van der Waals surface area contributed by atoms with E-state index in [0.29, 0.717) is 22.6 Å². The van der Waals surface area contributed by atoms with Gasteiger partial charge < -0.3 is 9.88 Å². The summed E-state index contributed by atoms with van der Waals surface area (Å²) in [7, 11) is 0. The van der Waals surface area contributed by atoms with E-state index in [1.807, 2.05) is 13.8 Å². The van der Waals surface area contributed by atoms with Gasteiger partial charge in [0.25, 0.3) is 5.91 Å². The van der Waals surface area contributed by atoms with Crippen LogP contribution in [0.5, 0.6) is 0 Å². The molecule has 1 amide bonds. The maximum Gasteiger partial charge on any atom is 0.433 e. The Morgan fingerprint density at radius 1 is 1.00 bits per heavy atom. The molecule has 0 aliphatic carbocycles. The zero-order chi connectivity index (χ0) is 24.1. The van der Waals surface area contributed by atoms with E-state index in [1.165, 1.54) is 35.2 Å². The molecule has 172 valence electrons. The molecule has 2 aromatic heterocycles. The first-order chi connectivity index (χ1) is 15.5. The molecule has 1 aromatic carbocycles. The van der Waals surface area contributed by atoms with Gasteiger partial charge >= 0.3 is 6.18 Å². The highest BCUT2D eigenvalue weighted by atomic mass is 19.4. The zero-order valence-corrected chi connectivity index (χ0v) is 18.0. The minimum atomic E-state index is -4.74. The third-order valence-electron chi connectivity index (χ3n) is 5.50. The fraction of sp³-hybridized carbons (Fsp3) is 0.261. The minimum absolute atomic E-state index is 0.0723. The van der Waals surface area contributed by atoms with Crippen LogP contribution < -0.4 is 15.4 Å². The van der Waals surface area contributed by atoms with Gasteiger partial charge in [0.15, 0.2) is 0 Å². The largest absolute Gasteiger partial charge is 0.433 e. The first-order valence-corrected chi connectivity index (χ1v) is 10.1. The lowest BCUT2D eigenvalue weighted by Crippen LogP contribution is -2.46. The number of hydrogen-bond donors (Lipinski definition) is 1. The van der Waals surface area contributed by atoms with Crippen LogP contribution in [0.1, 0.15) is 47.1 Å². The van der Waals surface area contributed by atoms with Crippen LogP contribution in [0.25, 0.3) is 0 Å². The minimum Gasteiger partial charge on any atom is -0.324 e. The van der Waals surface area contributed by atoms with Gasteiger partial charge in [-0.3, -0.25) is 14.5 Å². The molecule has 0 bridgehead atoms. The van der Waals surface area contributed by atoms with Crippen molar-refractivity contribution in [1.29, 1.82) is 0 Å². The lowest BCUT2D eigenvalue weighted by atomic mass is 9.98. The molecule has 0 radical (unpaired) electrons. The van der Waals surface area contributed by atoms with Crippen LogP contribution in [0.15, 0.2) is 47.4 Å². The second kappa shape index (κ2) is 8.02. The Hall–Kier alpha value is -3.69. The lowest BCUT2D eigenvalue weighted by Gasteiger charge is -2.39. The number of aromatic amines is 1. The van der Waals surface area contributed by atoms with Gasteiger partial charge in [-0.25, -0.2) is 9.37 Å². The van der Waals surface area contributed by atoms with E-state index >= 15 is 0 Å². The standard InChI is InChI=1S/C23H20F4N4O2/c1-12(2)15-8-14(24)4-5-18(15)30-11-31(17-6-7-21(32)29-13(17)3)22(33)16-9-20(23(25,26)27)28-10-19(16)30/h4-10,12H,11H2,1-3H3,(H,29,32). The Morgan fingerprint density at radius 3 is 2.33 bits per heavy atom. The molecule has 0 atom stereocenters. The fourth-order valence-electron chi connectivity index (χ4n) is 3.90. The molecule has 0 saturated carbocycles. The number of amides is 1. The SMILES string of the molecule is Cc1[nH]c(=O)ccc1N1CN(c2ccc(F)cc2C(C)C)c2cnc(C(F)(F)F)cc2C1=O. The van der Waals surface area contributed by atoms with Crippen LogP contribution in [-0.2, 0) is 6.18 Å². The number of rotatable bonds is 3. The summed E-state index contributed by atoms with van der Waals surface area (Å²) in [4.78, 5) is 34.0. The summed E-state index contributed by atoms with van der Waals surface area (Å²) in [5.74, 6) is -1.23. The van der Waals surface area contributed by atoms with E-state index in [1.54, 1.807) is 11.8 Å². The number of pyridine rings is 2. The van der Waals surface area contributed by atoms with Crippen LogP contribution in [-0.4, -0.2) is 22.5 Å². The van der Waals surface area contributed by atoms with Gasteiger partial charge in [-0.1, -0.05) is 13.8 Å². The first-order valence-electron chi connectivity index (χ1n) is 10.1. The Bertz CT molecular complexity index is 1300. The van der Waals surface area contributed by atoms with Crippen molar-refractivity contribution in [3.63, 3.8) is 0 Å². The second-order valence-electron chi connectivity index (χ2n) is 8.08. The number of nitrogens with one attached hydrogen (secondary N) is 1. The summed E-state index contributed by atoms with van der Waals surface area (Å²) < 4.78 is 54.1. The molecule has 0 unspecified atom stereocenters. The predicted octanol–water partition coefficient (Wildman–Crippen LogP) is 5.12. The van der Waals surface area contributed by atoms with Crippen LogP contribution in [0.3, 0.4) is 0 Å². The van der Waals surface area contributed by atoms with Gasteiger partial charge in [-0.05, 0) is 48.7 Å². The van der Waals surface area contributed by atoms with Gasteiger partial charge in [-0.2, -0.15) is 13.2 Å². The Balaban J connectivity index is 1.95. The quantitative estimate of drug-likeness (QED) is 0.551. The van der Waals surface area contributed by atoms with E-state index in [4.69, 9.17) is 0 Å². The number of carbonyl (C=O) groups is 1. The van der Waals surface area contributed by atoms with E-state index in [-0.39, 0.29) is 29.4 Å². The highest BCUT2D eigenvalue weighted by molar-refractivity contribution is 6.12.